The number of halogens is 3. The lowest BCUT2D eigenvalue weighted by Gasteiger charge is -2.17. The molecular formula is C12H14F3NO2. The highest BCUT2D eigenvalue weighted by Crippen LogP contribution is 2.26. The molecule has 0 radical (unpaired) electrons. The zero-order valence-corrected chi connectivity index (χ0v) is 9.79. The van der Waals surface area contributed by atoms with E-state index in [1.54, 1.807) is 6.92 Å². The molecule has 1 aromatic rings. The number of carboxylic acid groups (broad SMARTS) is 1. The fraction of sp³-hybridized carbons (Fsp3) is 0.417. The topological polar surface area (TPSA) is 63.3 Å². The summed E-state index contributed by atoms with van der Waals surface area (Å²) in [5.74, 6) is -4.46. The van der Waals surface area contributed by atoms with Crippen LogP contribution in [0.2, 0.25) is 0 Å². The lowest BCUT2D eigenvalue weighted by Crippen LogP contribution is -2.19. The normalized spacial score (nSPS) is 14.3. The van der Waals surface area contributed by atoms with Crippen molar-refractivity contribution in [3.8, 4) is 0 Å². The van der Waals surface area contributed by atoms with E-state index >= 15 is 0 Å². The minimum absolute atomic E-state index is 0.103. The van der Waals surface area contributed by atoms with Crippen LogP contribution < -0.4 is 5.73 Å². The van der Waals surface area contributed by atoms with Crippen molar-refractivity contribution in [1.29, 1.82) is 0 Å². The molecule has 0 aromatic heterocycles. The monoisotopic (exact) mass is 261 g/mol. The number of benzene rings is 1. The third-order valence-electron chi connectivity index (χ3n) is 2.59. The molecule has 18 heavy (non-hydrogen) atoms. The van der Waals surface area contributed by atoms with Gasteiger partial charge in [-0.05, 0) is 12.3 Å². The van der Waals surface area contributed by atoms with Crippen LogP contribution >= 0.6 is 0 Å². The second kappa shape index (κ2) is 5.86. The van der Waals surface area contributed by atoms with Crippen molar-refractivity contribution in [2.45, 2.75) is 25.8 Å². The molecule has 0 saturated heterocycles. The highest BCUT2D eigenvalue weighted by molar-refractivity contribution is 5.66. The molecule has 0 heterocycles. The van der Waals surface area contributed by atoms with Crippen molar-refractivity contribution in [3.05, 3.63) is 35.1 Å². The molecule has 0 aliphatic carbocycles. The van der Waals surface area contributed by atoms with Crippen LogP contribution in [0.4, 0.5) is 13.2 Å². The number of carbonyl (C=O) groups is 1. The smallest absolute Gasteiger partial charge is 0.303 e. The van der Waals surface area contributed by atoms with E-state index in [2.05, 4.69) is 0 Å². The van der Waals surface area contributed by atoms with Crippen LogP contribution in [-0.2, 0) is 4.79 Å². The van der Waals surface area contributed by atoms with Crippen LogP contribution in [0, 0.1) is 23.4 Å². The summed E-state index contributed by atoms with van der Waals surface area (Å²) in [5.41, 5.74) is 5.22. The van der Waals surface area contributed by atoms with Crippen LogP contribution in [0.3, 0.4) is 0 Å². The van der Waals surface area contributed by atoms with Crippen LogP contribution in [0.5, 0.6) is 0 Å². The van der Waals surface area contributed by atoms with Gasteiger partial charge in [-0.2, -0.15) is 0 Å². The Morgan fingerprint density at radius 2 is 1.83 bits per heavy atom. The van der Waals surface area contributed by atoms with Gasteiger partial charge in [0.1, 0.15) is 17.5 Å². The summed E-state index contributed by atoms with van der Waals surface area (Å²) in [4.78, 5) is 10.5. The zero-order valence-electron chi connectivity index (χ0n) is 9.79. The van der Waals surface area contributed by atoms with E-state index in [1.165, 1.54) is 0 Å². The molecule has 0 fully saturated rings. The molecule has 3 nitrogen and oxygen atoms in total. The first-order chi connectivity index (χ1) is 8.31. The molecule has 0 aliphatic rings. The fourth-order valence-electron chi connectivity index (χ4n) is 1.84. The van der Waals surface area contributed by atoms with Crippen LogP contribution in [-0.4, -0.2) is 11.1 Å². The highest BCUT2D eigenvalue weighted by atomic mass is 19.1. The summed E-state index contributed by atoms with van der Waals surface area (Å²) >= 11 is 0. The maximum absolute atomic E-state index is 13.4. The van der Waals surface area contributed by atoms with Crippen LogP contribution in [0.15, 0.2) is 12.1 Å². The van der Waals surface area contributed by atoms with Crippen molar-refractivity contribution in [1.82, 2.24) is 0 Å². The molecule has 100 valence electrons. The van der Waals surface area contributed by atoms with Gasteiger partial charge >= 0.3 is 5.97 Å². The number of aliphatic carboxylic acids is 1. The van der Waals surface area contributed by atoms with E-state index in [4.69, 9.17) is 10.8 Å². The highest BCUT2D eigenvalue weighted by Gasteiger charge is 2.21. The van der Waals surface area contributed by atoms with Gasteiger partial charge in [0.2, 0.25) is 0 Å². The minimum atomic E-state index is -1.05. The molecule has 6 heteroatoms. The zero-order chi connectivity index (χ0) is 13.9. The standard InChI is InChI=1S/C12H14F3NO2/c1-6(3-11(17)18)2-10(16)12-8(14)4-7(13)5-9(12)15/h4-6,10H,2-3,16H2,1H3,(H,17,18). The number of hydrogen-bond acceptors (Lipinski definition) is 2. The average molecular weight is 261 g/mol. The number of rotatable bonds is 5. The summed E-state index contributed by atoms with van der Waals surface area (Å²) in [7, 11) is 0. The van der Waals surface area contributed by atoms with Gasteiger partial charge in [-0.25, -0.2) is 13.2 Å². The summed E-state index contributed by atoms with van der Waals surface area (Å²) in [5, 5.41) is 8.57. The van der Waals surface area contributed by atoms with Gasteiger partial charge in [0.15, 0.2) is 0 Å². The van der Waals surface area contributed by atoms with Crippen molar-refractivity contribution < 1.29 is 23.1 Å². The maximum atomic E-state index is 13.4. The van der Waals surface area contributed by atoms with E-state index in [0.29, 0.717) is 12.1 Å². The molecule has 0 aliphatic heterocycles. The largest absolute Gasteiger partial charge is 0.481 e. The summed E-state index contributed by atoms with van der Waals surface area (Å²) in [6.07, 6.45) is -0.0378. The number of nitrogens with two attached hydrogens (primary N) is 1. The van der Waals surface area contributed by atoms with Gasteiger partial charge in [0, 0.05) is 30.2 Å². The number of hydrogen-bond donors (Lipinski definition) is 2. The van der Waals surface area contributed by atoms with E-state index in [9.17, 15) is 18.0 Å². The molecule has 1 aromatic carbocycles. The first-order valence-corrected chi connectivity index (χ1v) is 5.43. The maximum Gasteiger partial charge on any atom is 0.303 e. The molecule has 3 N–H and O–H groups in total. The molecule has 0 spiro atoms. The quantitative estimate of drug-likeness (QED) is 0.856. The van der Waals surface area contributed by atoms with Gasteiger partial charge in [-0.15, -0.1) is 0 Å². The van der Waals surface area contributed by atoms with Crippen LogP contribution in [0.25, 0.3) is 0 Å². The molecule has 0 bridgehead atoms. The van der Waals surface area contributed by atoms with E-state index in [0.717, 1.165) is 0 Å². The Bertz CT molecular complexity index is 428. The summed E-state index contributed by atoms with van der Waals surface area (Å²) < 4.78 is 39.5. The molecule has 2 unspecified atom stereocenters. The Balaban J connectivity index is 2.84. The average Bonchev–Trinajstić information content (AvgIpc) is 2.12. The third kappa shape index (κ3) is 3.73. The molecule has 1 rings (SSSR count). The van der Waals surface area contributed by atoms with E-state index < -0.39 is 35.0 Å². The predicted molar refractivity (Wildman–Crippen MR) is 59.3 cm³/mol. The second-order valence-corrected chi connectivity index (χ2v) is 4.33. The lowest BCUT2D eigenvalue weighted by molar-refractivity contribution is -0.138. The van der Waals surface area contributed by atoms with Gasteiger partial charge in [0.25, 0.3) is 0 Å². The van der Waals surface area contributed by atoms with Gasteiger partial charge in [-0.1, -0.05) is 6.92 Å². The third-order valence-corrected chi connectivity index (χ3v) is 2.59. The van der Waals surface area contributed by atoms with Crippen LogP contribution in [0.1, 0.15) is 31.4 Å². The second-order valence-electron chi connectivity index (χ2n) is 4.33. The number of carboxylic acids is 1. The summed E-state index contributed by atoms with van der Waals surface area (Å²) in [6.45, 7) is 1.62. The Kier molecular flexibility index (Phi) is 4.72. The van der Waals surface area contributed by atoms with Gasteiger partial charge in [-0.3, -0.25) is 4.79 Å². The van der Waals surface area contributed by atoms with E-state index in [1.807, 2.05) is 0 Å². The molecule has 0 saturated carbocycles. The van der Waals surface area contributed by atoms with Crippen molar-refractivity contribution >= 4 is 5.97 Å². The lowest BCUT2D eigenvalue weighted by atomic mass is 9.94. The Morgan fingerprint density at radius 1 is 1.33 bits per heavy atom. The first kappa shape index (κ1) is 14.5. The first-order valence-electron chi connectivity index (χ1n) is 5.43. The molecule has 0 amide bonds. The Hall–Kier alpha value is -1.56. The van der Waals surface area contributed by atoms with E-state index in [-0.39, 0.29) is 18.8 Å². The van der Waals surface area contributed by atoms with Gasteiger partial charge in [0.05, 0.1) is 0 Å². The minimum Gasteiger partial charge on any atom is -0.481 e. The van der Waals surface area contributed by atoms with Gasteiger partial charge < -0.3 is 10.8 Å². The Labute approximate surface area is 102 Å². The Morgan fingerprint density at radius 3 is 2.28 bits per heavy atom. The molecule has 2 atom stereocenters. The van der Waals surface area contributed by atoms with Crippen molar-refractivity contribution in [2.75, 3.05) is 0 Å². The van der Waals surface area contributed by atoms with Crippen molar-refractivity contribution in [2.24, 2.45) is 11.7 Å². The fourth-order valence-corrected chi connectivity index (χ4v) is 1.84. The molecular weight excluding hydrogens is 247 g/mol. The van der Waals surface area contributed by atoms with Crippen molar-refractivity contribution in [3.63, 3.8) is 0 Å². The summed E-state index contributed by atoms with van der Waals surface area (Å²) in [6, 6.07) is 0.111. The SMILES string of the molecule is CC(CC(=O)O)CC(N)c1c(F)cc(F)cc1F. The predicted octanol–water partition coefficient (Wildman–Crippen LogP) is 2.60.